The van der Waals surface area contributed by atoms with Crippen LogP contribution in [0.5, 0.6) is 0 Å². The maximum Gasteiger partial charge on any atom is 0.294 e. The summed E-state index contributed by atoms with van der Waals surface area (Å²) in [7, 11) is 0. The van der Waals surface area contributed by atoms with E-state index in [9.17, 15) is 14.9 Å². The molecule has 0 aliphatic carbocycles. The molecule has 0 radical (unpaired) electrons. The van der Waals surface area contributed by atoms with Crippen molar-refractivity contribution in [2.24, 2.45) is 5.73 Å². The highest BCUT2D eigenvalue weighted by atomic mass is 35.5. The van der Waals surface area contributed by atoms with Crippen LogP contribution in [0.15, 0.2) is 48.5 Å². The van der Waals surface area contributed by atoms with Crippen LogP contribution in [0.1, 0.15) is 11.5 Å². The van der Waals surface area contributed by atoms with Crippen molar-refractivity contribution in [2.45, 2.75) is 12.0 Å². The van der Waals surface area contributed by atoms with E-state index in [1.807, 2.05) is 35.2 Å². The first-order valence-electron chi connectivity index (χ1n) is 8.20. The van der Waals surface area contributed by atoms with Gasteiger partial charge in [0, 0.05) is 36.1 Å². The van der Waals surface area contributed by atoms with Gasteiger partial charge in [-0.25, -0.2) is 0 Å². The number of nitro benzene ring substituents is 1. The molecule has 1 aliphatic heterocycles. The Morgan fingerprint density at radius 3 is 2.63 bits per heavy atom. The number of carbonyl (C=O) groups is 1. The lowest BCUT2D eigenvalue weighted by atomic mass is 9.95. The summed E-state index contributed by atoms with van der Waals surface area (Å²) < 4.78 is 0. The highest BCUT2D eigenvalue weighted by molar-refractivity contribution is 6.31. The Balaban J connectivity index is 0.00000261. The van der Waals surface area contributed by atoms with Crippen LogP contribution in [-0.2, 0) is 4.79 Å². The third-order valence-electron chi connectivity index (χ3n) is 4.47. The molecule has 2 atom stereocenters. The van der Waals surface area contributed by atoms with E-state index >= 15 is 0 Å². The lowest BCUT2D eigenvalue weighted by molar-refractivity contribution is -0.383. The minimum atomic E-state index is -0.571. The molecule has 2 aromatic rings. The largest absolute Gasteiger partial charge is 0.326 e. The van der Waals surface area contributed by atoms with Gasteiger partial charge >= 0.3 is 0 Å². The number of nitrogens with zero attached hydrogens (tertiary/aromatic N) is 2. The van der Waals surface area contributed by atoms with E-state index in [0.717, 1.165) is 5.56 Å². The van der Waals surface area contributed by atoms with E-state index < -0.39 is 4.92 Å². The van der Waals surface area contributed by atoms with Crippen molar-refractivity contribution >= 4 is 41.3 Å². The quantitative estimate of drug-likeness (QED) is 0.582. The summed E-state index contributed by atoms with van der Waals surface area (Å²) in [6.45, 7) is 1.38. The van der Waals surface area contributed by atoms with E-state index in [4.69, 9.17) is 17.3 Å². The van der Waals surface area contributed by atoms with E-state index in [1.165, 1.54) is 18.2 Å². The van der Waals surface area contributed by atoms with Crippen molar-refractivity contribution < 1.29 is 9.72 Å². The summed E-state index contributed by atoms with van der Waals surface area (Å²) in [5.41, 5.74) is 7.28. The lowest BCUT2D eigenvalue weighted by Crippen LogP contribution is -2.33. The molecular weight excluding hydrogens is 391 g/mol. The number of hydrogen-bond acceptors (Lipinski definition) is 5. The van der Waals surface area contributed by atoms with Gasteiger partial charge in [0.15, 0.2) is 0 Å². The van der Waals surface area contributed by atoms with Crippen LogP contribution in [0.25, 0.3) is 0 Å². The van der Waals surface area contributed by atoms with Gasteiger partial charge in [0.25, 0.3) is 5.69 Å². The zero-order valence-electron chi connectivity index (χ0n) is 14.4. The molecule has 0 unspecified atom stereocenters. The molecule has 9 heteroatoms. The molecule has 3 rings (SSSR count). The highest BCUT2D eigenvalue weighted by Crippen LogP contribution is 2.29. The number of hydrogen-bond donors (Lipinski definition) is 2. The topological polar surface area (TPSA) is 102 Å². The highest BCUT2D eigenvalue weighted by Gasteiger charge is 2.32. The maximum absolute atomic E-state index is 12.3. The normalized spacial score (nSPS) is 19.3. The Bertz CT molecular complexity index is 820. The minimum Gasteiger partial charge on any atom is -0.326 e. The molecule has 0 aromatic heterocycles. The molecule has 0 saturated carbocycles. The van der Waals surface area contributed by atoms with Gasteiger partial charge in [0.2, 0.25) is 5.91 Å². The average Bonchev–Trinajstić information content (AvgIpc) is 2.97. The van der Waals surface area contributed by atoms with Crippen molar-refractivity contribution in [1.82, 2.24) is 4.90 Å². The van der Waals surface area contributed by atoms with Crippen molar-refractivity contribution in [2.75, 3.05) is 25.0 Å². The van der Waals surface area contributed by atoms with Crippen molar-refractivity contribution in [3.05, 3.63) is 69.2 Å². The van der Waals surface area contributed by atoms with E-state index in [1.54, 1.807) is 0 Å². The zero-order valence-corrected chi connectivity index (χ0v) is 15.9. The number of nitro groups is 1. The summed E-state index contributed by atoms with van der Waals surface area (Å²) in [6, 6.07) is 14.0. The molecule has 0 bridgehead atoms. The molecule has 27 heavy (non-hydrogen) atoms. The predicted molar refractivity (Wildman–Crippen MR) is 108 cm³/mol. The second-order valence-electron chi connectivity index (χ2n) is 6.34. The van der Waals surface area contributed by atoms with Gasteiger partial charge in [-0.15, -0.1) is 12.4 Å². The van der Waals surface area contributed by atoms with Crippen LogP contribution in [0, 0.1) is 10.1 Å². The van der Waals surface area contributed by atoms with Gasteiger partial charge < -0.3 is 11.1 Å². The van der Waals surface area contributed by atoms with Crippen LogP contribution >= 0.6 is 24.0 Å². The van der Waals surface area contributed by atoms with Gasteiger partial charge in [-0.1, -0.05) is 41.9 Å². The van der Waals surface area contributed by atoms with Crippen LogP contribution in [0.4, 0.5) is 11.4 Å². The summed E-state index contributed by atoms with van der Waals surface area (Å²) in [6.07, 6.45) is 0. The molecule has 1 fully saturated rings. The second-order valence-corrected chi connectivity index (χ2v) is 6.78. The standard InChI is InChI=1S/C18H19ClN4O3.ClH/c19-13-6-7-16(17(8-13)23(25)26)21-18(24)11-22-9-14(15(20)10-22)12-4-2-1-3-5-12;/h1-8,14-15H,9-11,20H2,(H,21,24);1H/t14-,15+;/m0./s1. The van der Waals surface area contributed by atoms with Crippen LogP contribution in [0.3, 0.4) is 0 Å². The van der Waals surface area contributed by atoms with Gasteiger partial charge in [-0.3, -0.25) is 19.8 Å². The first kappa shape index (κ1) is 21.1. The van der Waals surface area contributed by atoms with Crippen LogP contribution in [0.2, 0.25) is 5.02 Å². The summed E-state index contributed by atoms with van der Waals surface area (Å²) in [5.74, 6) is -0.162. The molecule has 1 heterocycles. The molecule has 144 valence electrons. The number of benzene rings is 2. The second kappa shape index (κ2) is 9.14. The Morgan fingerprint density at radius 1 is 1.26 bits per heavy atom. The van der Waals surface area contributed by atoms with E-state index in [0.29, 0.717) is 13.1 Å². The summed E-state index contributed by atoms with van der Waals surface area (Å²) in [4.78, 5) is 24.8. The SMILES string of the molecule is Cl.N[C@@H]1CN(CC(=O)Nc2ccc(Cl)cc2[N+](=O)[O-])C[C@H]1c1ccccc1. The summed E-state index contributed by atoms with van der Waals surface area (Å²) >= 11 is 5.79. The monoisotopic (exact) mass is 410 g/mol. The molecule has 1 aliphatic rings. The van der Waals surface area contributed by atoms with Gasteiger partial charge in [0.1, 0.15) is 5.69 Å². The third-order valence-corrected chi connectivity index (χ3v) is 4.70. The molecular formula is C18H20Cl2N4O3. The van der Waals surface area contributed by atoms with Crippen molar-refractivity contribution in [3.8, 4) is 0 Å². The molecule has 7 nitrogen and oxygen atoms in total. The fraction of sp³-hybridized carbons (Fsp3) is 0.278. The number of likely N-dealkylation sites (tertiary alicyclic amines) is 1. The molecule has 0 spiro atoms. The Labute approximate surface area is 168 Å². The smallest absolute Gasteiger partial charge is 0.294 e. The van der Waals surface area contributed by atoms with Crippen molar-refractivity contribution in [1.29, 1.82) is 0 Å². The number of nitrogens with two attached hydrogens (primary N) is 1. The molecule has 1 amide bonds. The average molecular weight is 411 g/mol. The number of anilines is 1. The zero-order chi connectivity index (χ0) is 18.7. The van der Waals surface area contributed by atoms with Gasteiger partial charge in [-0.2, -0.15) is 0 Å². The van der Waals surface area contributed by atoms with Crippen molar-refractivity contribution in [3.63, 3.8) is 0 Å². The van der Waals surface area contributed by atoms with Crippen LogP contribution < -0.4 is 11.1 Å². The minimum absolute atomic E-state index is 0. The molecule has 2 aromatic carbocycles. The number of rotatable bonds is 5. The van der Waals surface area contributed by atoms with Gasteiger partial charge in [-0.05, 0) is 17.7 Å². The van der Waals surface area contributed by atoms with E-state index in [-0.39, 0.29) is 53.2 Å². The fourth-order valence-corrected chi connectivity index (χ4v) is 3.42. The number of nitrogens with one attached hydrogen (secondary N) is 1. The fourth-order valence-electron chi connectivity index (χ4n) is 3.25. The first-order chi connectivity index (χ1) is 12.4. The van der Waals surface area contributed by atoms with E-state index in [2.05, 4.69) is 5.32 Å². The Kier molecular flexibility index (Phi) is 7.15. The Hall–Kier alpha value is -2.19. The molecule has 3 N–H and O–H groups in total. The predicted octanol–water partition coefficient (Wildman–Crippen LogP) is 3.04. The first-order valence-corrected chi connectivity index (χ1v) is 8.58. The number of carbonyl (C=O) groups excluding carboxylic acids is 1. The Morgan fingerprint density at radius 2 is 1.96 bits per heavy atom. The lowest BCUT2D eigenvalue weighted by Gasteiger charge is -2.16. The third kappa shape index (κ3) is 5.17. The van der Waals surface area contributed by atoms with Crippen LogP contribution in [-0.4, -0.2) is 41.4 Å². The number of halogens is 2. The molecule has 1 saturated heterocycles. The van der Waals surface area contributed by atoms with Gasteiger partial charge in [0.05, 0.1) is 11.5 Å². The summed E-state index contributed by atoms with van der Waals surface area (Å²) in [5, 5.41) is 13.9. The maximum atomic E-state index is 12.3. The number of amides is 1.